The van der Waals surface area contributed by atoms with Gasteiger partial charge >= 0.3 is 0 Å². The molecule has 0 aliphatic rings. The minimum Gasteiger partial charge on any atom is -0.504 e. The molecule has 0 radical (unpaired) electrons. The molecule has 5 aromatic rings. The highest BCUT2D eigenvalue weighted by atomic mass is 16.5. The van der Waals surface area contributed by atoms with E-state index in [2.05, 4.69) is 20.4 Å². The van der Waals surface area contributed by atoms with Crippen molar-refractivity contribution in [2.75, 3.05) is 12.4 Å². The third-order valence-corrected chi connectivity index (χ3v) is 6.67. The number of ketones is 1. The Bertz CT molecular complexity index is 1860. The summed E-state index contributed by atoms with van der Waals surface area (Å²) in [7, 11) is 1.46. The van der Waals surface area contributed by atoms with Crippen molar-refractivity contribution >= 4 is 40.2 Å². The maximum atomic E-state index is 13.5. The Morgan fingerprint density at radius 1 is 1.02 bits per heavy atom. The van der Waals surface area contributed by atoms with Crippen molar-refractivity contribution in [3.05, 3.63) is 94.8 Å². The van der Waals surface area contributed by atoms with Crippen molar-refractivity contribution in [1.82, 2.24) is 14.8 Å². The Morgan fingerprint density at radius 3 is 2.50 bits per heavy atom. The third kappa shape index (κ3) is 5.60. The van der Waals surface area contributed by atoms with E-state index in [0.717, 1.165) is 5.69 Å². The maximum Gasteiger partial charge on any atom is 0.273 e. The minimum atomic E-state index is -0.385. The van der Waals surface area contributed by atoms with Gasteiger partial charge in [-0.15, -0.1) is 0 Å². The molecule has 1 amide bonds. The second-order valence-corrected chi connectivity index (χ2v) is 10.9. The molecule has 3 aromatic carbocycles. The predicted molar refractivity (Wildman–Crippen MR) is 162 cm³/mol. The van der Waals surface area contributed by atoms with Crippen molar-refractivity contribution in [2.24, 2.45) is 4.99 Å². The lowest BCUT2D eigenvalue weighted by Gasteiger charge is -2.22. The molecule has 2 aromatic heterocycles. The van der Waals surface area contributed by atoms with Crippen LogP contribution in [0.2, 0.25) is 0 Å². The fourth-order valence-corrected chi connectivity index (χ4v) is 4.64. The lowest BCUT2D eigenvalue weighted by Crippen LogP contribution is -2.29. The SMILES string of the molecule is COc1ccc(N=Cc2c(O)[nH]c3ccc(C(=O)c4cccc(NC(=O)c5cc(C)nn5C(C)(C)C)c4)cc23)cc1O. The van der Waals surface area contributed by atoms with Gasteiger partial charge in [-0.3, -0.25) is 19.3 Å². The monoisotopic (exact) mass is 565 g/mol. The van der Waals surface area contributed by atoms with E-state index in [9.17, 15) is 19.8 Å². The maximum absolute atomic E-state index is 13.5. The quantitative estimate of drug-likeness (QED) is 0.139. The number of anilines is 1. The highest BCUT2D eigenvalue weighted by Gasteiger charge is 2.23. The molecule has 0 spiro atoms. The fraction of sp³-hybridized carbons (Fsp3) is 0.188. The molecular formula is C32H31N5O5. The largest absolute Gasteiger partial charge is 0.504 e. The van der Waals surface area contributed by atoms with Gasteiger partial charge in [-0.05, 0) is 76.2 Å². The second kappa shape index (κ2) is 10.9. The zero-order chi connectivity index (χ0) is 30.2. The number of aromatic hydroxyl groups is 2. The number of amides is 1. The molecule has 10 nitrogen and oxygen atoms in total. The summed E-state index contributed by atoms with van der Waals surface area (Å²) in [5.74, 6) is -0.426. The molecule has 0 fully saturated rings. The molecule has 5 rings (SSSR count). The highest BCUT2D eigenvalue weighted by molar-refractivity contribution is 6.13. The zero-order valence-corrected chi connectivity index (χ0v) is 23.9. The first-order valence-electron chi connectivity index (χ1n) is 13.2. The van der Waals surface area contributed by atoms with E-state index < -0.39 is 0 Å². The molecule has 42 heavy (non-hydrogen) atoms. The first-order chi connectivity index (χ1) is 19.9. The summed E-state index contributed by atoms with van der Waals surface area (Å²) in [4.78, 5) is 33.9. The van der Waals surface area contributed by atoms with Gasteiger partial charge in [0.15, 0.2) is 23.2 Å². The molecule has 0 aliphatic carbocycles. The number of aliphatic imine (C=N–C) groups is 1. The number of nitrogens with zero attached hydrogens (tertiary/aromatic N) is 3. The van der Waals surface area contributed by atoms with Crippen molar-refractivity contribution in [3.63, 3.8) is 0 Å². The van der Waals surface area contributed by atoms with Gasteiger partial charge in [0.1, 0.15) is 5.69 Å². The van der Waals surface area contributed by atoms with Gasteiger partial charge in [0, 0.05) is 40.0 Å². The summed E-state index contributed by atoms with van der Waals surface area (Å²) in [6.45, 7) is 7.74. The molecule has 214 valence electrons. The lowest BCUT2D eigenvalue weighted by molar-refractivity contribution is 0.100. The molecule has 2 heterocycles. The third-order valence-electron chi connectivity index (χ3n) is 6.67. The number of carbonyl (C=O) groups is 2. The summed E-state index contributed by atoms with van der Waals surface area (Å²) in [6.07, 6.45) is 1.46. The van der Waals surface area contributed by atoms with E-state index in [1.807, 2.05) is 27.7 Å². The van der Waals surface area contributed by atoms with Crippen LogP contribution < -0.4 is 10.1 Å². The second-order valence-electron chi connectivity index (χ2n) is 10.9. The molecule has 10 heteroatoms. The van der Waals surface area contributed by atoms with Gasteiger partial charge in [0.05, 0.1) is 29.6 Å². The van der Waals surface area contributed by atoms with Gasteiger partial charge < -0.3 is 25.3 Å². The first kappa shape index (κ1) is 28.2. The van der Waals surface area contributed by atoms with Gasteiger partial charge in [0.25, 0.3) is 5.91 Å². The van der Waals surface area contributed by atoms with E-state index in [1.54, 1.807) is 65.3 Å². The van der Waals surface area contributed by atoms with Gasteiger partial charge in [0.2, 0.25) is 0 Å². The number of aromatic nitrogens is 3. The van der Waals surface area contributed by atoms with Gasteiger partial charge in [-0.25, -0.2) is 0 Å². The molecule has 0 bridgehead atoms. The van der Waals surface area contributed by atoms with Crippen LogP contribution in [0.4, 0.5) is 11.4 Å². The molecule has 4 N–H and O–H groups in total. The Hall–Kier alpha value is -5.38. The summed E-state index contributed by atoms with van der Waals surface area (Å²) < 4.78 is 6.75. The highest BCUT2D eigenvalue weighted by Crippen LogP contribution is 2.32. The van der Waals surface area contributed by atoms with Crippen LogP contribution >= 0.6 is 0 Å². The van der Waals surface area contributed by atoms with Crippen LogP contribution in [0.3, 0.4) is 0 Å². The number of H-pyrrole nitrogens is 1. The normalized spacial score (nSPS) is 11.7. The topological polar surface area (TPSA) is 142 Å². The van der Waals surface area contributed by atoms with Gasteiger partial charge in [-0.1, -0.05) is 12.1 Å². The number of hydrogen-bond acceptors (Lipinski definition) is 7. The van der Waals surface area contributed by atoms with Crippen LogP contribution in [0.25, 0.3) is 10.9 Å². The average molecular weight is 566 g/mol. The number of carbonyl (C=O) groups excluding carboxylic acids is 2. The number of phenolic OH excluding ortho intramolecular Hbond substituents is 1. The van der Waals surface area contributed by atoms with E-state index in [4.69, 9.17) is 4.74 Å². The number of methoxy groups -OCH3 is 1. The molecular weight excluding hydrogens is 534 g/mol. The van der Waals surface area contributed by atoms with Crippen LogP contribution in [-0.2, 0) is 5.54 Å². The predicted octanol–water partition coefficient (Wildman–Crippen LogP) is 6.08. The number of phenols is 1. The smallest absolute Gasteiger partial charge is 0.273 e. The number of fused-ring (bicyclic) bond motifs is 1. The number of rotatable bonds is 7. The molecule has 0 atom stereocenters. The van der Waals surface area contributed by atoms with Crippen molar-refractivity contribution < 1.29 is 24.5 Å². The van der Waals surface area contributed by atoms with Crippen molar-refractivity contribution in [2.45, 2.75) is 33.2 Å². The van der Waals surface area contributed by atoms with E-state index in [0.29, 0.717) is 50.4 Å². The number of aryl methyl sites for hydroxylation is 1. The Balaban J connectivity index is 1.41. The molecule has 0 aliphatic heterocycles. The number of benzene rings is 3. The van der Waals surface area contributed by atoms with E-state index >= 15 is 0 Å². The van der Waals surface area contributed by atoms with Gasteiger partial charge in [-0.2, -0.15) is 5.10 Å². The standard InChI is InChI=1S/C32H31N5O5/c1-18-13-26(37(36-18)32(2,3)4)31(41)34-22-8-6-7-19(14-22)29(39)20-9-11-25-23(15-20)24(30(40)35-25)17-33-21-10-12-28(42-5)27(38)16-21/h6-17,35,38,40H,1-5H3,(H,34,41). The lowest BCUT2D eigenvalue weighted by atomic mass is 10.0. The molecule has 0 unspecified atom stereocenters. The Labute approximate surface area is 242 Å². The van der Waals surface area contributed by atoms with E-state index in [1.165, 1.54) is 19.4 Å². The number of nitrogens with one attached hydrogen (secondary N) is 2. The first-order valence-corrected chi connectivity index (χ1v) is 13.2. The number of hydrogen-bond donors (Lipinski definition) is 4. The van der Waals surface area contributed by atoms with Crippen LogP contribution in [0.1, 0.15) is 58.4 Å². The van der Waals surface area contributed by atoms with Crippen LogP contribution in [0.15, 0.2) is 71.7 Å². The summed E-state index contributed by atoms with van der Waals surface area (Å²) in [5.41, 5.74) is 3.49. The fourth-order valence-electron chi connectivity index (χ4n) is 4.64. The van der Waals surface area contributed by atoms with Crippen LogP contribution in [-0.4, -0.2) is 50.0 Å². The summed E-state index contributed by atoms with van der Waals surface area (Å²) in [6, 6.07) is 18.2. The molecule has 0 saturated carbocycles. The number of aromatic amines is 1. The summed E-state index contributed by atoms with van der Waals surface area (Å²) in [5, 5.41) is 28.5. The Kier molecular flexibility index (Phi) is 7.30. The zero-order valence-electron chi connectivity index (χ0n) is 23.9. The Morgan fingerprint density at radius 2 is 1.79 bits per heavy atom. The molecule has 0 saturated heterocycles. The average Bonchev–Trinajstić information content (AvgIpc) is 3.50. The van der Waals surface area contributed by atoms with Crippen molar-refractivity contribution in [1.29, 1.82) is 0 Å². The van der Waals surface area contributed by atoms with Crippen LogP contribution in [0.5, 0.6) is 17.4 Å². The number of ether oxygens (including phenoxy) is 1. The minimum absolute atomic E-state index is 0.0588. The van der Waals surface area contributed by atoms with Crippen LogP contribution in [0, 0.1) is 6.92 Å². The summed E-state index contributed by atoms with van der Waals surface area (Å²) >= 11 is 0. The van der Waals surface area contributed by atoms with Crippen molar-refractivity contribution in [3.8, 4) is 17.4 Å². The van der Waals surface area contributed by atoms with E-state index in [-0.39, 0.29) is 28.9 Å².